The smallest absolute Gasteiger partial charge is 0.225 e. The highest BCUT2D eigenvalue weighted by atomic mass is 127. The maximum Gasteiger partial charge on any atom is 0.225 e. The summed E-state index contributed by atoms with van der Waals surface area (Å²) >= 11 is 8.75. The van der Waals surface area contributed by atoms with Gasteiger partial charge in [0.1, 0.15) is 17.8 Å². The fourth-order valence-electron chi connectivity index (χ4n) is 4.08. The molecule has 0 radical (unpaired) electrons. The van der Waals surface area contributed by atoms with Crippen LogP contribution in [0.1, 0.15) is 16.7 Å². The van der Waals surface area contributed by atoms with Gasteiger partial charge in [0.25, 0.3) is 0 Å². The standard InChI is InChI=1S/C28H24ClIN4O/c29-28-31-25-24(30)18-34(20-35-19-23-14-8-3-9-15-23)26(25)27(32-28)33(16-21-10-4-1-5-11-21)17-22-12-6-2-7-13-22/h1-15,18H,16-17,19-20H2. The third kappa shape index (κ3) is 5.83. The topological polar surface area (TPSA) is 43.2 Å². The van der Waals surface area contributed by atoms with Gasteiger partial charge in [0.2, 0.25) is 5.28 Å². The summed E-state index contributed by atoms with van der Waals surface area (Å²) in [7, 11) is 0. The van der Waals surface area contributed by atoms with Crippen LogP contribution in [0.4, 0.5) is 5.82 Å². The molecule has 0 amide bonds. The molecule has 5 nitrogen and oxygen atoms in total. The highest BCUT2D eigenvalue weighted by Gasteiger charge is 2.21. The number of aromatic nitrogens is 3. The fraction of sp³-hybridized carbons (Fsp3) is 0.143. The summed E-state index contributed by atoms with van der Waals surface area (Å²) in [5.74, 6) is 0.791. The molecule has 2 heterocycles. The van der Waals surface area contributed by atoms with Crippen molar-refractivity contribution >= 4 is 51.0 Å². The van der Waals surface area contributed by atoms with Crippen molar-refractivity contribution in [3.8, 4) is 0 Å². The number of rotatable bonds is 9. The molecule has 0 N–H and O–H groups in total. The summed E-state index contributed by atoms with van der Waals surface area (Å²) in [6, 6.07) is 31.0. The molecule has 0 saturated heterocycles. The van der Waals surface area contributed by atoms with Crippen LogP contribution in [0.2, 0.25) is 5.28 Å². The molecule has 0 saturated carbocycles. The van der Waals surface area contributed by atoms with E-state index in [1.807, 2.05) is 36.5 Å². The third-order valence-corrected chi connectivity index (χ3v) is 6.65. The van der Waals surface area contributed by atoms with Crippen molar-refractivity contribution in [1.82, 2.24) is 14.5 Å². The second-order valence-corrected chi connectivity index (χ2v) is 9.75. The lowest BCUT2D eigenvalue weighted by Gasteiger charge is -2.25. The number of hydrogen-bond donors (Lipinski definition) is 0. The molecular weight excluding hydrogens is 571 g/mol. The molecule has 0 fully saturated rings. The predicted molar refractivity (Wildman–Crippen MR) is 149 cm³/mol. The predicted octanol–water partition coefficient (Wildman–Crippen LogP) is 7.07. The Hall–Kier alpha value is -2.94. The monoisotopic (exact) mass is 594 g/mol. The van der Waals surface area contributed by atoms with Gasteiger partial charge in [0.05, 0.1) is 10.2 Å². The van der Waals surface area contributed by atoms with Crippen molar-refractivity contribution in [3.63, 3.8) is 0 Å². The highest BCUT2D eigenvalue weighted by molar-refractivity contribution is 14.1. The highest BCUT2D eigenvalue weighted by Crippen LogP contribution is 2.32. The van der Waals surface area contributed by atoms with Gasteiger partial charge in [0, 0.05) is 19.3 Å². The minimum Gasteiger partial charge on any atom is -0.356 e. The van der Waals surface area contributed by atoms with Gasteiger partial charge in [-0.25, -0.2) is 4.98 Å². The molecule has 35 heavy (non-hydrogen) atoms. The Labute approximate surface area is 223 Å². The van der Waals surface area contributed by atoms with E-state index in [4.69, 9.17) is 21.3 Å². The zero-order valence-corrected chi connectivity index (χ0v) is 21.9. The molecule has 0 aliphatic heterocycles. The Bertz CT molecular complexity index is 1350. The number of ether oxygens (including phenoxy) is 1. The summed E-state index contributed by atoms with van der Waals surface area (Å²) in [5, 5.41) is 0.236. The maximum atomic E-state index is 6.45. The normalized spacial score (nSPS) is 11.1. The van der Waals surface area contributed by atoms with E-state index in [1.54, 1.807) is 0 Å². The summed E-state index contributed by atoms with van der Waals surface area (Å²) < 4.78 is 9.16. The molecule has 2 aromatic heterocycles. The largest absolute Gasteiger partial charge is 0.356 e. The number of halogens is 2. The number of benzene rings is 3. The summed E-state index contributed by atoms with van der Waals surface area (Å²) in [5.41, 5.74) is 5.26. The minimum atomic E-state index is 0.236. The van der Waals surface area contributed by atoms with Crippen LogP contribution >= 0.6 is 34.2 Å². The summed E-state index contributed by atoms with van der Waals surface area (Å²) in [6.07, 6.45) is 2.05. The van der Waals surface area contributed by atoms with Gasteiger partial charge in [-0.05, 0) is 50.9 Å². The summed E-state index contributed by atoms with van der Waals surface area (Å²) in [6.45, 7) is 2.28. The van der Waals surface area contributed by atoms with E-state index in [0.29, 0.717) is 26.4 Å². The minimum absolute atomic E-state index is 0.236. The van der Waals surface area contributed by atoms with Crippen molar-refractivity contribution in [2.24, 2.45) is 0 Å². The summed E-state index contributed by atoms with van der Waals surface area (Å²) in [4.78, 5) is 11.6. The first-order chi connectivity index (χ1) is 17.2. The van der Waals surface area contributed by atoms with E-state index in [1.165, 1.54) is 11.1 Å². The molecule has 7 heteroatoms. The van der Waals surface area contributed by atoms with E-state index in [-0.39, 0.29) is 5.28 Å². The lowest BCUT2D eigenvalue weighted by Crippen LogP contribution is -2.24. The zero-order valence-electron chi connectivity index (χ0n) is 19.0. The maximum absolute atomic E-state index is 6.45. The van der Waals surface area contributed by atoms with Crippen molar-refractivity contribution in [3.05, 3.63) is 123 Å². The van der Waals surface area contributed by atoms with Crippen LogP contribution in [0, 0.1) is 3.57 Å². The number of anilines is 1. The van der Waals surface area contributed by atoms with Crippen molar-refractivity contribution in [1.29, 1.82) is 0 Å². The lowest BCUT2D eigenvalue weighted by molar-refractivity contribution is 0.0667. The van der Waals surface area contributed by atoms with Crippen LogP contribution < -0.4 is 4.90 Å². The second-order valence-electron chi connectivity index (χ2n) is 8.25. The Kier molecular flexibility index (Phi) is 7.61. The quantitative estimate of drug-likeness (QED) is 0.135. The van der Waals surface area contributed by atoms with Crippen LogP contribution in [-0.2, 0) is 31.2 Å². The number of hydrogen-bond acceptors (Lipinski definition) is 4. The van der Waals surface area contributed by atoms with E-state index < -0.39 is 0 Å². The Morgan fingerprint density at radius 3 is 1.89 bits per heavy atom. The number of fused-ring (bicyclic) bond motifs is 1. The molecule has 0 spiro atoms. The van der Waals surface area contributed by atoms with Gasteiger partial charge < -0.3 is 14.2 Å². The Morgan fingerprint density at radius 2 is 1.31 bits per heavy atom. The molecule has 176 valence electrons. The van der Waals surface area contributed by atoms with E-state index in [9.17, 15) is 0 Å². The van der Waals surface area contributed by atoms with Gasteiger partial charge in [-0.3, -0.25) is 0 Å². The molecule has 0 aliphatic carbocycles. The number of nitrogens with zero attached hydrogens (tertiary/aromatic N) is 4. The molecule has 5 rings (SSSR count). The first-order valence-electron chi connectivity index (χ1n) is 11.3. The van der Waals surface area contributed by atoms with Gasteiger partial charge in [-0.1, -0.05) is 91.0 Å². The molecule has 0 unspecified atom stereocenters. The third-order valence-electron chi connectivity index (χ3n) is 5.69. The van der Waals surface area contributed by atoms with Gasteiger partial charge in [0.15, 0.2) is 5.82 Å². The van der Waals surface area contributed by atoms with Gasteiger partial charge in [-0.15, -0.1) is 0 Å². The molecule has 0 bridgehead atoms. The fourth-order valence-corrected chi connectivity index (χ4v) is 4.96. The van der Waals surface area contributed by atoms with E-state index in [2.05, 4.69) is 97.7 Å². The van der Waals surface area contributed by atoms with Gasteiger partial charge in [-0.2, -0.15) is 4.98 Å². The molecule has 5 aromatic rings. The Balaban J connectivity index is 1.53. The van der Waals surface area contributed by atoms with E-state index in [0.717, 1.165) is 26.0 Å². The Morgan fingerprint density at radius 1 is 0.771 bits per heavy atom. The van der Waals surface area contributed by atoms with Crippen molar-refractivity contribution < 1.29 is 4.74 Å². The average molecular weight is 595 g/mol. The molecule has 3 aromatic carbocycles. The SMILES string of the molecule is Clc1nc(N(Cc2ccccc2)Cc2ccccc2)c2c(n1)c(I)cn2COCc1ccccc1. The molecular formula is C28H24ClIN4O. The first kappa shape index (κ1) is 23.8. The van der Waals surface area contributed by atoms with Crippen LogP contribution in [0.3, 0.4) is 0 Å². The second kappa shape index (κ2) is 11.2. The van der Waals surface area contributed by atoms with Crippen LogP contribution in [-0.4, -0.2) is 14.5 Å². The van der Waals surface area contributed by atoms with Crippen LogP contribution in [0.5, 0.6) is 0 Å². The average Bonchev–Trinajstić information content (AvgIpc) is 3.20. The van der Waals surface area contributed by atoms with E-state index >= 15 is 0 Å². The molecule has 0 aliphatic rings. The van der Waals surface area contributed by atoms with Crippen molar-refractivity contribution in [2.75, 3.05) is 4.90 Å². The van der Waals surface area contributed by atoms with Crippen molar-refractivity contribution in [2.45, 2.75) is 26.4 Å². The lowest BCUT2D eigenvalue weighted by atomic mass is 10.1. The van der Waals surface area contributed by atoms with Crippen LogP contribution in [0.15, 0.2) is 97.2 Å². The molecule has 0 atom stereocenters. The van der Waals surface area contributed by atoms with Gasteiger partial charge >= 0.3 is 0 Å². The first-order valence-corrected chi connectivity index (χ1v) is 12.8. The zero-order chi connectivity index (χ0) is 24.0. The van der Waals surface area contributed by atoms with Crippen LogP contribution in [0.25, 0.3) is 11.0 Å².